The van der Waals surface area contributed by atoms with E-state index in [2.05, 4.69) is 19.9 Å². The number of pyridine rings is 1. The van der Waals surface area contributed by atoms with Gasteiger partial charge < -0.3 is 10.1 Å². The summed E-state index contributed by atoms with van der Waals surface area (Å²) in [5, 5.41) is 3.23. The maximum atomic E-state index is 14.3. The number of benzene rings is 1. The molecule has 3 rings (SSSR count). The van der Waals surface area contributed by atoms with Gasteiger partial charge in [-0.3, -0.25) is 4.90 Å². The number of nitrogens with zero attached hydrogens (tertiary/aromatic N) is 2. The summed E-state index contributed by atoms with van der Waals surface area (Å²) in [7, 11) is 0. The van der Waals surface area contributed by atoms with E-state index in [1.54, 1.807) is 12.1 Å². The molecule has 1 aliphatic heterocycles. The van der Waals surface area contributed by atoms with Crippen LogP contribution in [0, 0.1) is 5.95 Å². The second kappa shape index (κ2) is 10.1. The van der Waals surface area contributed by atoms with Gasteiger partial charge in [0.2, 0.25) is 5.95 Å². The summed E-state index contributed by atoms with van der Waals surface area (Å²) in [6.07, 6.45) is -3.37. The van der Waals surface area contributed by atoms with Crippen LogP contribution < -0.4 is 10.1 Å². The minimum atomic E-state index is -4.74. The molecule has 4 nitrogen and oxygen atoms in total. The molecule has 1 saturated heterocycles. The summed E-state index contributed by atoms with van der Waals surface area (Å²) >= 11 is 0. The summed E-state index contributed by atoms with van der Waals surface area (Å²) in [4.78, 5) is 5.78. The molecule has 0 unspecified atom stereocenters. The lowest BCUT2D eigenvalue weighted by atomic mass is 9.97. The van der Waals surface area contributed by atoms with Crippen LogP contribution in [-0.2, 0) is 0 Å². The maximum absolute atomic E-state index is 14.3. The number of nitrogens with one attached hydrogen (secondary N) is 1. The van der Waals surface area contributed by atoms with Gasteiger partial charge in [-0.15, -0.1) is 38.0 Å². The number of hydrogen-bond acceptors (Lipinski definition) is 4. The fraction of sp³-hybridized carbons (Fsp3) is 0.353. The molecule has 0 bridgehead atoms. The Balaban J connectivity index is 0.00000182. The molecule has 1 aromatic heterocycles. The van der Waals surface area contributed by atoms with Crippen molar-refractivity contribution in [2.24, 2.45) is 0 Å². The van der Waals surface area contributed by atoms with E-state index in [1.807, 2.05) is 0 Å². The molecule has 0 amide bonds. The second-order valence-electron chi connectivity index (χ2n) is 5.69. The average Bonchev–Trinajstić information content (AvgIpc) is 2.58. The third-order valence-corrected chi connectivity index (χ3v) is 4.03. The van der Waals surface area contributed by atoms with Gasteiger partial charge in [-0.05, 0) is 23.8 Å². The molecular formula is C17H19Cl2F4N3O. The van der Waals surface area contributed by atoms with Crippen LogP contribution in [0.15, 0.2) is 42.6 Å². The Hall–Kier alpha value is -1.61. The zero-order valence-electron chi connectivity index (χ0n) is 14.1. The summed E-state index contributed by atoms with van der Waals surface area (Å²) in [5.41, 5.74) is 1.08. The largest absolute Gasteiger partial charge is 0.573 e. The van der Waals surface area contributed by atoms with Crippen LogP contribution in [0.4, 0.5) is 17.6 Å². The number of alkyl halides is 3. The van der Waals surface area contributed by atoms with Gasteiger partial charge in [-0.25, -0.2) is 4.98 Å². The van der Waals surface area contributed by atoms with Gasteiger partial charge in [0.1, 0.15) is 5.75 Å². The Bertz CT molecular complexity index is 710. The normalized spacial score (nSPS) is 16.0. The molecule has 2 heterocycles. The molecular weight excluding hydrogens is 409 g/mol. The van der Waals surface area contributed by atoms with Crippen molar-refractivity contribution in [2.75, 3.05) is 26.2 Å². The van der Waals surface area contributed by atoms with Crippen molar-refractivity contribution in [2.45, 2.75) is 12.4 Å². The summed E-state index contributed by atoms with van der Waals surface area (Å²) in [5.74, 6) is -0.886. The molecule has 27 heavy (non-hydrogen) atoms. The smallest absolute Gasteiger partial charge is 0.406 e. The number of piperazine rings is 1. The molecule has 150 valence electrons. The van der Waals surface area contributed by atoms with Gasteiger partial charge in [-0.2, -0.15) is 4.39 Å². The van der Waals surface area contributed by atoms with Crippen molar-refractivity contribution < 1.29 is 22.3 Å². The van der Waals surface area contributed by atoms with Crippen molar-refractivity contribution in [1.82, 2.24) is 15.2 Å². The highest BCUT2D eigenvalue weighted by Gasteiger charge is 2.31. The Morgan fingerprint density at radius 1 is 1.04 bits per heavy atom. The SMILES string of the molecule is Cl.Cl.Fc1ncccc1[C@@H](c1ccc(OC(F)(F)F)cc1)N1CCNCC1. The summed E-state index contributed by atoms with van der Waals surface area (Å²) in [6.45, 7) is 2.90. The fourth-order valence-corrected chi connectivity index (χ4v) is 2.98. The van der Waals surface area contributed by atoms with Gasteiger partial charge in [0.25, 0.3) is 0 Å². The van der Waals surface area contributed by atoms with Gasteiger partial charge in [0.05, 0.1) is 6.04 Å². The van der Waals surface area contributed by atoms with E-state index >= 15 is 0 Å². The first kappa shape index (κ1) is 23.4. The van der Waals surface area contributed by atoms with Gasteiger partial charge in [-0.1, -0.05) is 18.2 Å². The number of hydrogen-bond donors (Lipinski definition) is 1. The first-order valence-corrected chi connectivity index (χ1v) is 7.85. The topological polar surface area (TPSA) is 37.4 Å². The highest BCUT2D eigenvalue weighted by Crippen LogP contribution is 2.32. The van der Waals surface area contributed by atoms with E-state index in [1.165, 1.54) is 30.5 Å². The Morgan fingerprint density at radius 3 is 2.22 bits per heavy atom. The molecule has 0 spiro atoms. The van der Waals surface area contributed by atoms with E-state index in [4.69, 9.17) is 0 Å². The first-order valence-electron chi connectivity index (χ1n) is 7.85. The second-order valence-corrected chi connectivity index (χ2v) is 5.69. The van der Waals surface area contributed by atoms with Crippen LogP contribution in [0.1, 0.15) is 17.2 Å². The third-order valence-electron chi connectivity index (χ3n) is 4.03. The summed E-state index contributed by atoms with van der Waals surface area (Å²) in [6, 6.07) is 8.42. The monoisotopic (exact) mass is 427 g/mol. The van der Waals surface area contributed by atoms with Crippen molar-refractivity contribution in [1.29, 1.82) is 0 Å². The minimum absolute atomic E-state index is 0. The lowest BCUT2D eigenvalue weighted by molar-refractivity contribution is -0.274. The van der Waals surface area contributed by atoms with Crippen LogP contribution >= 0.6 is 24.8 Å². The molecule has 1 fully saturated rings. The zero-order valence-corrected chi connectivity index (χ0v) is 15.7. The van der Waals surface area contributed by atoms with Gasteiger partial charge in [0, 0.05) is 37.9 Å². The van der Waals surface area contributed by atoms with E-state index in [0.29, 0.717) is 24.2 Å². The highest BCUT2D eigenvalue weighted by atomic mass is 35.5. The Morgan fingerprint density at radius 2 is 1.67 bits per heavy atom. The maximum Gasteiger partial charge on any atom is 0.573 e. The number of aromatic nitrogens is 1. The van der Waals surface area contributed by atoms with Crippen LogP contribution in [-0.4, -0.2) is 42.4 Å². The molecule has 1 N–H and O–H groups in total. The van der Waals surface area contributed by atoms with E-state index < -0.39 is 18.4 Å². The highest BCUT2D eigenvalue weighted by molar-refractivity contribution is 5.85. The standard InChI is InChI=1S/C17H17F4N3O.2ClH/c18-16-14(2-1-7-23-16)15(24-10-8-22-9-11-24)12-3-5-13(6-4-12)25-17(19,20)21;;/h1-7,15,22H,8-11H2;2*1H/t15-;;/m1../s1. The van der Waals surface area contributed by atoms with Crippen LogP contribution in [0.2, 0.25) is 0 Å². The molecule has 0 radical (unpaired) electrons. The molecule has 2 aromatic rings. The molecule has 0 aliphatic carbocycles. The number of halogens is 6. The molecule has 1 aromatic carbocycles. The van der Waals surface area contributed by atoms with E-state index in [9.17, 15) is 17.6 Å². The lowest BCUT2D eigenvalue weighted by Gasteiger charge is -2.35. The van der Waals surface area contributed by atoms with Crippen LogP contribution in [0.25, 0.3) is 0 Å². The quantitative estimate of drug-likeness (QED) is 0.591. The van der Waals surface area contributed by atoms with E-state index in [0.717, 1.165) is 13.1 Å². The van der Waals surface area contributed by atoms with Crippen molar-refractivity contribution in [3.8, 4) is 5.75 Å². The average molecular weight is 428 g/mol. The minimum Gasteiger partial charge on any atom is -0.406 e. The molecule has 0 saturated carbocycles. The molecule has 1 atom stereocenters. The van der Waals surface area contributed by atoms with Crippen LogP contribution in [0.3, 0.4) is 0 Å². The van der Waals surface area contributed by atoms with Crippen molar-refractivity contribution in [3.05, 3.63) is 59.7 Å². The first-order chi connectivity index (χ1) is 11.9. The number of ether oxygens (including phenoxy) is 1. The zero-order chi connectivity index (χ0) is 17.9. The summed E-state index contributed by atoms with van der Waals surface area (Å²) < 4.78 is 55.1. The van der Waals surface area contributed by atoms with Crippen molar-refractivity contribution in [3.63, 3.8) is 0 Å². The third kappa shape index (κ3) is 6.21. The number of rotatable bonds is 4. The van der Waals surface area contributed by atoms with Crippen molar-refractivity contribution >= 4 is 24.8 Å². The molecule has 10 heteroatoms. The lowest BCUT2D eigenvalue weighted by Crippen LogP contribution is -2.45. The van der Waals surface area contributed by atoms with E-state index in [-0.39, 0.29) is 30.6 Å². The predicted octanol–water partition coefficient (Wildman–Crippen LogP) is 3.96. The molecule has 1 aliphatic rings. The van der Waals surface area contributed by atoms with Crippen LogP contribution in [0.5, 0.6) is 5.75 Å². The van der Waals surface area contributed by atoms with Gasteiger partial charge >= 0.3 is 6.36 Å². The van der Waals surface area contributed by atoms with Gasteiger partial charge in [0.15, 0.2) is 0 Å². The Labute approximate surface area is 166 Å². The predicted molar refractivity (Wildman–Crippen MR) is 98.1 cm³/mol. The Kier molecular flexibility index (Phi) is 8.74. The fourth-order valence-electron chi connectivity index (χ4n) is 2.98.